The molecule has 1 aliphatic heterocycles. The first-order valence-electron chi connectivity index (χ1n) is 8.88. The van der Waals surface area contributed by atoms with Gasteiger partial charge in [-0.2, -0.15) is 0 Å². The van der Waals surface area contributed by atoms with Gasteiger partial charge in [-0.15, -0.1) is 0 Å². The molecule has 0 bridgehead atoms. The van der Waals surface area contributed by atoms with Crippen LogP contribution in [0.4, 0.5) is 8.78 Å². The van der Waals surface area contributed by atoms with Crippen LogP contribution in [-0.2, 0) is 6.42 Å². The third-order valence-electron chi connectivity index (χ3n) is 5.04. The molecule has 0 N–H and O–H groups in total. The standard InChI is InChI=1S/C21H29F2N2P/c1-15(2)14-19-21(5,11-13-26-19)24(6)25(16(3)4)12-10-17-8-7-9-18(22)20(17)23/h7-9,14,26H,1,3,10-13H2,2,4-6H3/b19-14-. The lowest BCUT2D eigenvalue weighted by Crippen LogP contribution is -2.52. The van der Waals surface area contributed by atoms with Gasteiger partial charge in [0.1, 0.15) is 0 Å². The zero-order chi connectivity index (χ0) is 19.5. The molecule has 2 unspecified atom stereocenters. The Morgan fingerprint density at radius 3 is 2.62 bits per heavy atom. The van der Waals surface area contributed by atoms with Crippen molar-refractivity contribution in [3.63, 3.8) is 0 Å². The van der Waals surface area contributed by atoms with E-state index in [2.05, 4.69) is 43.2 Å². The molecular weight excluding hydrogens is 349 g/mol. The summed E-state index contributed by atoms with van der Waals surface area (Å²) in [7, 11) is 2.84. The van der Waals surface area contributed by atoms with Crippen LogP contribution in [0.5, 0.6) is 0 Å². The maximum atomic E-state index is 14.0. The Kier molecular flexibility index (Phi) is 6.76. The summed E-state index contributed by atoms with van der Waals surface area (Å²) in [5.41, 5.74) is 2.21. The molecule has 0 saturated carbocycles. The van der Waals surface area contributed by atoms with E-state index in [0.717, 1.165) is 38.5 Å². The van der Waals surface area contributed by atoms with Crippen molar-refractivity contribution in [2.45, 2.75) is 39.2 Å². The molecule has 5 heteroatoms. The summed E-state index contributed by atoms with van der Waals surface area (Å²) in [4.78, 5) is 0. The van der Waals surface area contributed by atoms with Crippen molar-refractivity contribution < 1.29 is 8.78 Å². The van der Waals surface area contributed by atoms with E-state index in [-0.39, 0.29) is 5.54 Å². The molecule has 2 rings (SSSR count). The van der Waals surface area contributed by atoms with Crippen LogP contribution >= 0.6 is 8.58 Å². The highest BCUT2D eigenvalue weighted by Crippen LogP contribution is 2.48. The van der Waals surface area contributed by atoms with E-state index in [1.165, 1.54) is 5.31 Å². The molecule has 26 heavy (non-hydrogen) atoms. The summed E-state index contributed by atoms with van der Waals surface area (Å²) in [5, 5.41) is 5.67. The zero-order valence-electron chi connectivity index (χ0n) is 16.2. The highest BCUT2D eigenvalue weighted by atomic mass is 31.1. The summed E-state index contributed by atoms with van der Waals surface area (Å²) in [6.07, 6.45) is 4.81. The van der Waals surface area contributed by atoms with Gasteiger partial charge in [-0.25, -0.2) is 13.8 Å². The van der Waals surface area contributed by atoms with Gasteiger partial charge in [0.05, 0.1) is 5.54 Å². The summed E-state index contributed by atoms with van der Waals surface area (Å²) in [6.45, 7) is 14.9. The molecule has 142 valence electrons. The predicted molar refractivity (Wildman–Crippen MR) is 108 cm³/mol. The molecule has 2 nitrogen and oxygen atoms in total. The van der Waals surface area contributed by atoms with E-state index in [1.807, 2.05) is 13.8 Å². The van der Waals surface area contributed by atoms with Crippen LogP contribution in [0.15, 0.2) is 54.0 Å². The van der Waals surface area contributed by atoms with Gasteiger partial charge < -0.3 is 5.01 Å². The Balaban J connectivity index is 2.22. The molecule has 1 heterocycles. The van der Waals surface area contributed by atoms with Gasteiger partial charge in [-0.05, 0) is 56.7 Å². The third kappa shape index (κ3) is 4.42. The van der Waals surface area contributed by atoms with Crippen LogP contribution in [-0.4, -0.2) is 35.3 Å². The molecule has 0 aliphatic carbocycles. The van der Waals surface area contributed by atoms with Crippen LogP contribution < -0.4 is 0 Å². The van der Waals surface area contributed by atoms with Gasteiger partial charge in [-0.1, -0.05) is 45.5 Å². The second-order valence-electron chi connectivity index (χ2n) is 7.20. The Hall–Kier alpha value is -1.51. The molecule has 1 aromatic carbocycles. The van der Waals surface area contributed by atoms with Gasteiger partial charge in [0.25, 0.3) is 0 Å². The van der Waals surface area contributed by atoms with Crippen LogP contribution in [0.25, 0.3) is 0 Å². The Labute approximate surface area is 158 Å². The van der Waals surface area contributed by atoms with Crippen LogP contribution in [0.2, 0.25) is 0 Å². The molecule has 1 fully saturated rings. The summed E-state index contributed by atoms with van der Waals surface area (Å²) in [5.74, 6) is -1.55. The number of rotatable bonds is 7. The fraction of sp³-hybridized carbons (Fsp3) is 0.429. The van der Waals surface area contributed by atoms with Crippen molar-refractivity contribution in [3.05, 3.63) is 71.2 Å². The van der Waals surface area contributed by atoms with E-state index in [0.29, 0.717) is 18.5 Å². The van der Waals surface area contributed by atoms with Crippen molar-refractivity contribution >= 4 is 8.58 Å². The fourth-order valence-electron chi connectivity index (χ4n) is 3.39. The highest BCUT2D eigenvalue weighted by Gasteiger charge is 2.40. The van der Waals surface area contributed by atoms with Crippen LogP contribution in [0.3, 0.4) is 0 Å². The van der Waals surface area contributed by atoms with Gasteiger partial charge in [0.2, 0.25) is 0 Å². The zero-order valence-corrected chi connectivity index (χ0v) is 17.2. The summed E-state index contributed by atoms with van der Waals surface area (Å²) >= 11 is 0. The molecule has 0 aromatic heterocycles. The number of likely N-dealkylation sites (N-methyl/N-ethyl adjacent to an activating group) is 1. The lowest BCUT2D eigenvalue weighted by molar-refractivity contribution is -0.0345. The number of nitrogens with zero attached hydrogens (tertiary/aromatic N) is 2. The average Bonchev–Trinajstić information content (AvgIpc) is 2.92. The minimum Gasteiger partial charge on any atom is -0.310 e. The summed E-state index contributed by atoms with van der Waals surface area (Å²) < 4.78 is 27.5. The normalized spacial score (nSPS) is 22.3. The number of benzene rings is 1. The van der Waals surface area contributed by atoms with E-state index in [4.69, 9.17) is 0 Å². The van der Waals surface area contributed by atoms with Crippen molar-refractivity contribution in [2.24, 2.45) is 0 Å². The molecule has 1 saturated heterocycles. The Morgan fingerprint density at radius 2 is 2.00 bits per heavy atom. The molecule has 0 amide bonds. The van der Waals surface area contributed by atoms with E-state index < -0.39 is 11.6 Å². The number of allylic oxidation sites excluding steroid dienone is 3. The lowest BCUT2D eigenvalue weighted by atomic mass is 9.96. The molecule has 2 atom stereocenters. The molecule has 0 spiro atoms. The first kappa shape index (κ1) is 20.8. The highest BCUT2D eigenvalue weighted by molar-refractivity contribution is 7.43. The number of halogens is 2. The van der Waals surface area contributed by atoms with Crippen LogP contribution in [0, 0.1) is 11.6 Å². The van der Waals surface area contributed by atoms with Gasteiger partial charge in [0.15, 0.2) is 11.6 Å². The minimum absolute atomic E-state index is 0.114. The Bertz CT molecular complexity index is 729. The number of hydrogen-bond acceptors (Lipinski definition) is 2. The molecule has 1 aliphatic rings. The fourth-order valence-corrected chi connectivity index (χ4v) is 5.28. The smallest absolute Gasteiger partial charge is 0.162 e. The Morgan fingerprint density at radius 1 is 1.31 bits per heavy atom. The SMILES string of the molecule is C=C(C)/C=C1\PCCC1(C)N(C)N(CCc1cccc(F)c1F)C(=C)C. The first-order chi connectivity index (χ1) is 12.2. The molecule has 0 radical (unpaired) electrons. The van der Waals surface area contributed by atoms with E-state index in [1.54, 1.807) is 12.1 Å². The molecule has 1 aromatic rings. The van der Waals surface area contributed by atoms with E-state index >= 15 is 0 Å². The van der Waals surface area contributed by atoms with Crippen LogP contribution in [0.1, 0.15) is 32.8 Å². The third-order valence-corrected chi connectivity index (χ3v) is 6.60. The monoisotopic (exact) mass is 378 g/mol. The number of hydrazine groups is 1. The quantitative estimate of drug-likeness (QED) is 0.457. The number of hydrogen-bond donors (Lipinski definition) is 0. The molecular formula is C21H29F2N2P. The largest absolute Gasteiger partial charge is 0.310 e. The topological polar surface area (TPSA) is 6.48 Å². The second kappa shape index (κ2) is 8.45. The average molecular weight is 378 g/mol. The predicted octanol–water partition coefficient (Wildman–Crippen LogP) is 5.49. The minimum atomic E-state index is -0.798. The van der Waals surface area contributed by atoms with Gasteiger partial charge in [0, 0.05) is 19.3 Å². The van der Waals surface area contributed by atoms with Crippen molar-refractivity contribution in [2.75, 3.05) is 19.8 Å². The van der Waals surface area contributed by atoms with E-state index in [9.17, 15) is 8.78 Å². The lowest BCUT2D eigenvalue weighted by Gasteiger charge is -2.45. The second-order valence-corrected chi connectivity index (χ2v) is 8.59. The van der Waals surface area contributed by atoms with Crippen molar-refractivity contribution in [1.29, 1.82) is 0 Å². The first-order valence-corrected chi connectivity index (χ1v) is 10.1. The van der Waals surface area contributed by atoms with Gasteiger partial charge >= 0.3 is 0 Å². The summed E-state index contributed by atoms with van der Waals surface area (Å²) in [6, 6.07) is 4.34. The maximum Gasteiger partial charge on any atom is 0.162 e. The maximum absolute atomic E-state index is 14.0. The van der Waals surface area contributed by atoms with Crippen molar-refractivity contribution in [1.82, 2.24) is 10.0 Å². The van der Waals surface area contributed by atoms with Gasteiger partial charge in [-0.3, -0.25) is 0 Å². The van der Waals surface area contributed by atoms with Crippen molar-refractivity contribution in [3.8, 4) is 0 Å².